The third-order valence-corrected chi connectivity index (χ3v) is 5.41. The van der Waals surface area contributed by atoms with Crippen LogP contribution in [0.2, 0.25) is 0 Å². The second-order valence-corrected chi connectivity index (χ2v) is 7.77. The number of nitrogen functional groups attached to an aromatic ring is 2. The van der Waals surface area contributed by atoms with Crippen LogP contribution in [0, 0.1) is 6.92 Å². The van der Waals surface area contributed by atoms with E-state index in [9.17, 15) is 19.5 Å². The SMILES string of the molecule is COc1cc(NCc2ccc3nc(N)nc(N)c3c2C)cc(OC)c1OC.O=C([O-])c1cc(=O)[nH]c(=O)[nH]1.[Na+]. The molecule has 0 saturated heterocycles. The van der Waals surface area contributed by atoms with Crippen molar-refractivity contribution < 1.29 is 53.7 Å². The number of aromatic nitrogens is 4. The van der Waals surface area contributed by atoms with Gasteiger partial charge < -0.3 is 45.9 Å². The number of methoxy groups -OCH3 is 3. The van der Waals surface area contributed by atoms with Crippen LogP contribution in [0.5, 0.6) is 17.2 Å². The Morgan fingerprint density at radius 2 is 1.64 bits per heavy atom. The summed E-state index contributed by atoms with van der Waals surface area (Å²) in [5.41, 5.74) is 13.2. The van der Waals surface area contributed by atoms with Crippen molar-refractivity contribution in [2.45, 2.75) is 13.5 Å². The average molecular weight is 548 g/mol. The number of rotatable bonds is 7. The number of H-pyrrole nitrogens is 2. The van der Waals surface area contributed by atoms with Crippen molar-refractivity contribution in [3.8, 4) is 17.2 Å². The summed E-state index contributed by atoms with van der Waals surface area (Å²) < 4.78 is 16.1. The van der Waals surface area contributed by atoms with Gasteiger partial charge >= 0.3 is 35.2 Å². The minimum absolute atomic E-state index is 0. The summed E-state index contributed by atoms with van der Waals surface area (Å²) in [4.78, 5) is 42.9. The zero-order chi connectivity index (χ0) is 28.0. The molecule has 0 bridgehead atoms. The molecule has 2 heterocycles. The topological polar surface area (TPSA) is 223 Å². The molecule has 4 rings (SSSR count). The summed E-state index contributed by atoms with van der Waals surface area (Å²) in [6.07, 6.45) is 0. The third-order valence-electron chi connectivity index (χ3n) is 5.41. The second kappa shape index (κ2) is 13.5. The average Bonchev–Trinajstić information content (AvgIpc) is 2.87. The van der Waals surface area contributed by atoms with E-state index in [-0.39, 0.29) is 35.5 Å². The number of carboxylic acids is 1. The number of aryl methyl sites for hydroxylation is 1. The normalized spacial score (nSPS) is 10.1. The van der Waals surface area contributed by atoms with E-state index in [2.05, 4.69) is 15.3 Å². The molecule has 0 spiro atoms. The molecule has 0 fully saturated rings. The number of ether oxygens (including phenoxy) is 3. The molecule has 0 amide bonds. The number of hydrogen-bond donors (Lipinski definition) is 5. The number of hydrogen-bond acceptors (Lipinski definition) is 12. The minimum Gasteiger partial charge on any atom is -0.543 e. The van der Waals surface area contributed by atoms with E-state index in [4.69, 9.17) is 25.7 Å². The number of anilines is 3. The Kier molecular flexibility index (Phi) is 10.7. The van der Waals surface area contributed by atoms with Crippen LogP contribution in [-0.2, 0) is 6.54 Å². The van der Waals surface area contributed by atoms with Crippen molar-refractivity contribution in [3.63, 3.8) is 0 Å². The van der Waals surface area contributed by atoms with Crippen molar-refractivity contribution in [1.82, 2.24) is 19.9 Å². The molecule has 4 aromatic rings. The van der Waals surface area contributed by atoms with E-state index >= 15 is 0 Å². The maximum Gasteiger partial charge on any atom is 1.00 e. The van der Waals surface area contributed by atoms with Crippen LogP contribution in [0.25, 0.3) is 10.9 Å². The Morgan fingerprint density at radius 1 is 1.00 bits per heavy atom. The molecule has 0 aliphatic rings. The first-order valence-electron chi connectivity index (χ1n) is 11.0. The quantitative estimate of drug-likeness (QED) is 0.148. The largest absolute Gasteiger partial charge is 1.00 e. The molecule has 2 aromatic carbocycles. The Labute approximate surface area is 244 Å². The Hall–Kier alpha value is -4.27. The predicted molar refractivity (Wildman–Crippen MR) is 139 cm³/mol. The molecule has 15 heteroatoms. The van der Waals surface area contributed by atoms with Crippen molar-refractivity contribution >= 4 is 34.3 Å². The minimum atomic E-state index is -1.59. The Bertz CT molecular complexity index is 1550. The first-order valence-corrected chi connectivity index (χ1v) is 11.0. The molecule has 7 N–H and O–H groups in total. The third kappa shape index (κ3) is 7.40. The van der Waals surface area contributed by atoms with Crippen LogP contribution in [0.1, 0.15) is 21.6 Å². The first-order chi connectivity index (χ1) is 18.1. The van der Waals surface area contributed by atoms with E-state index in [0.29, 0.717) is 29.6 Å². The number of nitrogens with one attached hydrogen (secondary N) is 3. The van der Waals surface area contributed by atoms with Gasteiger partial charge in [-0.15, -0.1) is 0 Å². The summed E-state index contributed by atoms with van der Waals surface area (Å²) in [7, 11) is 4.75. The van der Waals surface area contributed by atoms with Crippen molar-refractivity contribution in [2.24, 2.45) is 0 Å². The van der Waals surface area contributed by atoms with Gasteiger partial charge in [-0.25, -0.2) is 9.78 Å². The van der Waals surface area contributed by atoms with E-state index in [0.717, 1.165) is 33.8 Å². The number of benzene rings is 2. The van der Waals surface area contributed by atoms with Gasteiger partial charge in [0.25, 0.3) is 5.56 Å². The maximum atomic E-state index is 10.4. The van der Waals surface area contributed by atoms with Crippen LogP contribution in [0.15, 0.2) is 39.9 Å². The van der Waals surface area contributed by atoms with Crippen LogP contribution in [-0.4, -0.2) is 47.2 Å². The number of carbonyl (C=O) groups is 1. The Balaban J connectivity index is 0.000000375. The van der Waals surface area contributed by atoms with Crippen molar-refractivity contribution in [1.29, 1.82) is 0 Å². The van der Waals surface area contributed by atoms with Gasteiger partial charge in [-0.05, 0) is 24.1 Å². The number of nitrogens with two attached hydrogens (primary N) is 2. The van der Waals surface area contributed by atoms with Crippen molar-refractivity contribution in [3.05, 3.63) is 68.0 Å². The molecular weight excluding hydrogens is 521 g/mol. The molecular formula is C24H26N7NaO7. The fraction of sp³-hybridized carbons (Fsp3) is 0.208. The number of aromatic carboxylic acids is 1. The van der Waals surface area contributed by atoms with Gasteiger partial charge in [0.15, 0.2) is 11.5 Å². The van der Waals surface area contributed by atoms with Crippen LogP contribution >= 0.6 is 0 Å². The van der Waals surface area contributed by atoms with Gasteiger partial charge in [0.1, 0.15) is 5.82 Å². The monoisotopic (exact) mass is 547 g/mol. The van der Waals surface area contributed by atoms with Crippen molar-refractivity contribution in [2.75, 3.05) is 38.1 Å². The fourth-order valence-corrected chi connectivity index (χ4v) is 3.64. The zero-order valence-corrected chi connectivity index (χ0v) is 24.0. The molecule has 0 atom stereocenters. The molecule has 39 heavy (non-hydrogen) atoms. The van der Waals surface area contributed by atoms with Gasteiger partial charge in [0.05, 0.1) is 38.5 Å². The second-order valence-electron chi connectivity index (χ2n) is 7.77. The maximum absolute atomic E-state index is 10.4. The number of fused-ring (bicyclic) bond motifs is 1. The fourth-order valence-electron chi connectivity index (χ4n) is 3.64. The van der Waals surface area contributed by atoms with E-state index in [1.54, 1.807) is 21.3 Å². The summed E-state index contributed by atoms with van der Waals surface area (Å²) in [6.45, 7) is 2.56. The van der Waals surface area contributed by atoms with E-state index in [1.165, 1.54) is 0 Å². The molecule has 0 aliphatic heterocycles. The zero-order valence-electron chi connectivity index (χ0n) is 22.0. The summed E-state index contributed by atoms with van der Waals surface area (Å²) in [5.74, 6) is 0.681. The van der Waals surface area contributed by atoms with Gasteiger partial charge in [0, 0.05) is 35.8 Å². The van der Waals surface area contributed by atoms with E-state index < -0.39 is 22.9 Å². The molecule has 0 radical (unpaired) electrons. The summed E-state index contributed by atoms with van der Waals surface area (Å²) >= 11 is 0. The molecule has 0 aliphatic carbocycles. The summed E-state index contributed by atoms with van der Waals surface area (Å²) in [6, 6.07) is 8.33. The molecule has 2 aromatic heterocycles. The molecule has 0 unspecified atom stereocenters. The number of aromatic amines is 2. The van der Waals surface area contributed by atoms with Crippen LogP contribution in [0.3, 0.4) is 0 Å². The first kappa shape index (κ1) is 31.0. The number of carbonyl (C=O) groups excluding carboxylic acids is 1. The smallest absolute Gasteiger partial charge is 0.543 e. The Morgan fingerprint density at radius 3 is 2.18 bits per heavy atom. The van der Waals surface area contributed by atoms with Gasteiger partial charge in [0.2, 0.25) is 11.7 Å². The van der Waals surface area contributed by atoms with Gasteiger partial charge in [-0.1, -0.05) is 6.07 Å². The molecule has 200 valence electrons. The van der Waals surface area contributed by atoms with Crippen LogP contribution < -0.4 is 76.9 Å². The molecule has 0 saturated carbocycles. The number of carboxylic acid groups (broad SMARTS) is 1. The standard InChI is InChI=1S/C19H23N5O3.C5H4N2O4.Na/c1-10-11(5-6-13-16(10)18(20)24-19(21)23-13)9-22-12-7-14(25-2)17(27-4)15(8-12)26-3;8-3-1-2(4(9)10)6-5(11)7-3;/h5-8,22H,9H2,1-4H3,(H4,20,21,23,24);1H,(H,9,10)(H2,6,7,8,11);/q;;+1/p-1. The van der Waals surface area contributed by atoms with Crippen LogP contribution in [0.4, 0.5) is 17.5 Å². The number of nitrogens with zero attached hydrogens (tertiary/aromatic N) is 2. The molecule has 14 nitrogen and oxygen atoms in total. The predicted octanol–water partition coefficient (Wildman–Crippen LogP) is -2.83. The van der Waals surface area contributed by atoms with Gasteiger partial charge in [-0.2, -0.15) is 4.98 Å². The summed E-state index contributed by atoms with van der Waals surface area (Å²) in [5, 5.41) is 14.3. The van der Waals surface area contributed by atoms with Gasteiger partial charge in [-0.3, -0.25) is 9.78 Å². The van der Waals surface area contributed by atoms with E-state index in [1.807, 2.05) is 41.2 Å².